The number of aliphatic hydroxyl groups is 1. The molecule has 2 amide bonds. The molecule has 3 unspecified atom stereocenters. The van der Waals surface area contributed by atoms with Gasteiger partial charge in [-0.25, -0.2) is 9.18 Å². The van der Waals surface area contributed by atoms with Crippen LogP contribution in [0.4, 0.5) is 9.18 Å². The molecule has 1 aromatic rings. The van der Waals surface area contributed by atoms with Crippen LogP contribution in [-0.4, -0.2) is 35.2 Å². The van der Waals surface area contributed by atoms with Crippen LogP contribution >= 0.6 is 11.6 Å². The molecule has 0 bridgehead atoms. The number of urea groups is 1. The van der Waals surface area contributed by atoms with Crippen LogP contribution in [0.5, 0.6) is 0 Å². The second-order valence-electron chi connectivity index (χ2n) is 5.93. The van der Waals surface area contributed by atoms with Crippen molar-refractivity contribution in [2.75, 3.05) is 13.1 Å². The van der Waals surface area contributed by atoms with Gasteiger partial charge in [-0.15, -0.1) is 0 Å². The number of amides is 2. The van der Waals surface area contributed by atoms with Crippen molar-refractivity contribution in [3.05, 3.63) is 34.6 Å². The number of piperidine rings is 1. The number of carbonyl (C=O) groups excluding carboxylic acids is 1. The fourth-order valence-corrected chi connectivity index (χ4v) is 2.92. The number of likely N-dealkylation sites (tertiary alicyclic amines) is 1. The van der Waals surface area contributed by atoms with E-state index >= 15 is 0 Å². The van der Waals surface area contributed by atoms with Gasteiger partial charge in [0.1, 0.15) is 5.82 Å². The first-order valence-corrected chi connectivity index (χ1v) is 7.94. The molecule has 1 aromatic carbocycles. The summed E-state index contributed by atoms with van der Waals surface area (Å²) in [5.74, 6) is -0.352. The van der Waals surface area contributed by atoms with Crippen LogP contribution in [0.25, 0.3) is 0 Å². The van der Waals surface area contributed by atoms with Crippen molar-refractivity contribution in [2.24, 2.45) is 5.92 Å². The Morgan fingerprint density at radius 2 is 2.23 bits per heavy atom. The highest BCUT2D eigenvalue weighted by molar-refractivity contribution is 6.30. The number of hydrogen-bond donors (Lipinski definition) is 2. The number of halogens is 2. The van der Waals surface area contributed by atoms with E-state index in [-0.39, 0.29) is 23.0 Å². The molecule has 1 aliphatic heterocycles. The van der Waals surface area contributed by atoms with E-state index in [9.17, 15) is 14.3 Å². The highest BCUT2D eigenvalue weighted by atomic mass is 35.5. The number of aliphatic hydroxyl groups excluding tert-OH is 1. The van der Waals surface area contributed by atoms with Gasteiger partial charge in [0.2, 0.25) is 0 Å². The van der Waals surface area contributed by atoms with Crippen LogP contribution in [0.1, 0.15) is 38.3 Å². The Kier molecular flexibility index (Phi) is 5.64. The number of carbonyl (C=O) groups is 1. The van der Waals surface area contributed by atoms with Gasteiger partial charge in [0, 0.05) is 19.0 Å². The maximum Gasteiger partial charge on any atom is 0.317 e. The van der Waals surface area contributed by atoms with Gasteiger partial charge in [0.15, 0.2) is 0 Å². The predicted octanol–water partition coefficient (Wildman–Crippen LogP) is 3.34. The van der Waals surface area contributed by atoms with Crippen LogP contribution in [0.15, 0.2) is 18.2 Å². The Bertz CT molecular complexity index is 539. The third-order valence-corrected chi connectivity index (χ3v) is 4.50. The molecule has 0 aliphatic carbocycles. The van der Waals surface area contributed by atoms with E-state index in [0.717, 1.165) is 18.4 Å². The zero-order valence-corrected chi connectivity index (χ0v) is 13.6. The van der Waals surface area contributed by atoms with Crippen molar-refractivity contribution < 1.29 is 14.3 Å². The third kappa shape index (κ3) is 4.11. The van der Waals surface area contributed by atoms with E-state index < -0.39 is 11.9 Å². The summed E-state index contributed by atoms with van der Waals surface area (Å²) in [4.78, 5) is 14.1. The molecule has 0 saturated carbocycles. The average molecular weight is 329 g/mol. The average Bonchev–Trinajstić information content (AvgIpc) is 2.50. The summed E-state index contributed by atoms with van der Waals surface area (Å²) in [5, 5.41) is 12.6. The Labute approximate surface area is 135 Å². The number of nitrogens with zero attached hydrogens (tertiary/aromatic N) is 1. The van der Waals surface area contributed by atoms with E-state index in [1.807, 2.05) is 6.92 Å². The molecule has 0 radical (unpaired) electrons. The summed E-state index contributed by atoms with van der Waals surface area (Å²) >= 11 is 5.77. The lowest BCUT2D eigenvalue weighted by atomic mass is 9.94. The van der Waals surface area contributed by atoms with Gasteiger partial charge >= 0.3 is 6.03 Å². The fourth-order valence-electron chi connectivity index (χ4n) is 2.73. The van der Waals surface area contributed by atoms with Crippen LogP contribution in [0, 0.1) is 11.7 Å². The Morgan fingerprint density at radius 3 is 2.86 bits per heavy atom. The molecule has 0 spiro atoms. The number of hydrogen-bond acceptors (Lipinski definition) is 2. The van der Waals surface area contributed by atoms with Crippen molar-refractivity contribution in [3.8, 4) is 0 Å². The quantitative estimate of drug-likeness (QED) is 0.894. The number of rotatable bonds is 3. The van der Waals surface area contributed by atoms with E-state index in [4.69, 9.17) is 11.6 Å². The van der Waals surface area contributed by atoms with E-state index in [2.05, 4.69) is 5.32 Å². The molecule has 1 aliphatic rings. The lowest BCUT2D eigenvalue weighted by Gasteiger charge is -2.34. The zero-order chi connectivity index (χ0) is 16.3. The molecule has 6 heteroatoms. The van der Waals surface area contributed by atoms with Crippen molar-refractivity contribution in [1.29, 1.82) is 0 Å². The highest BCUT2D eigenvalue weighted by Crippen LogP contribution is 2.22. The van der Waals surface area contributed by atoms with E-state index in [1.165, 1.54) is 12.1 Å². The smallest absolute Gasteiger partial charge is 0.317 e. The van der Waals surface area contributed by atoms with Gasteiger partial charge in [-0.3, -0.25) is 0 Å². The summed E-state index contributed by atoms with van der Waals surface area (Å²) in [6.07, 6.45) is 1.41. The predicted molar refractivity (Wildman–Crippen MR) is 84.3 cm³/mol. The third-order valence-electron chi connectivity index (χ3n) is 4.21. The molecule has 22 heavy (non-hydrogen) atoms. The van der Waals surface area contributed by atoms with Crippen LogP contribution in [0.3, 0.4) is 0 Å². The second kappa shape index (κ2) is 7.29. The standard InChI is InChI=1S/C16H22ClFN2O2/c1-10(12-5-6-15(18)14(17)8-12)19-16(22)20-7-3-4-13(9-20)11(2)21/h5-6,8,10-11,13,21H,3-4,7,9H2,1-2H3,(H,19,22). The normalized spacial score (nSPS) is 21.3. The molecule has 2 rings (SSSR count). The fraction of sp³-hybridized carbons (Fsp3) is 0.562. The lowest BCUT2D eigenvalue weighted by Crippen LogP contribution is -2.47. The van der Waals surface area contributed by atoms with Gasteiger partial charge in [0.05, 0.1) is 17.2 Å². The monoisotopic (exact) mass is 328 g/mol. The summed E-state index contributed by atoms with van der Waals surface area (Å²) in [5.41, 5.74) is 0.754. The topological polar surface area (TPSA) is 52.6 Å². The van der Waals surface area contributed by atoms with Crippen LogP contribution in [0.2, 0.25) is 5.02 Å². The number of nitrogens with one attached hydrogen (secondary N) is 1. The van der Waals surface area contributed by atoms with Crippen LogP contribution in [-0.2, 0) is 0 Å². The molecule has 2 N–H and O–H groups in total. The molecule has 1 saturated heterocycles. The molecule has 0 aromatic heterocycles. The first kappa shape index (κ1) is 17.0. The van der Waals surface area contributed by atoms with Gasteiger partial charge < -0.3 is 15.3 Å². The maximum absolute atomic E-state index is 13.2. The molecule has 3 atom stereocenters. The minimum atomic E-state index is -0.472. The van der Waals surface area contributed by atoms with Crippen molar-refractivity contribution in [3.63, 3.8) is 0 Å². The van der Waals surface area contributed by atoms with E-state index in [0.29, 0.717) is 13.1 Å². The summed E-state index contributed by atoms with van der Waals surface area (Å²) < 4.78 is 13.2. The summed E-state index contributed by atoms with van der Waals surface area (Å²) in [6.45, 7) is 4.83. The van der Waals surface area contributed by atoms with Crippen molar-refractivity contribution >= 4 is 17.6 Å². The maximum atomic E-state index is 13.2. The Hall–Kier alpha value is -1.33. The van der Waals surface area contributed by atoms with E-state index in [1.54, 1.807) is 17.9 Å². The Balaban J connectivity index is 1.97. The first-order chi connectivity index (χ1) is 10.4. The van der Waals surface area contributed by atoms with Crippen LogP contribution < -0.4 is 5.32 Å². The molecule has 122 valence electrons. The first-order valence-electron chi connectivity index (χ1n) is 7.57. The summed E-state index contributed by atoms with van der Waals surface area (Å²) in [6, 6.07) is 4.00. The minimum absolute atomic E-state index is 0.0470. The second-order valence-corrected chi connectivity index (χ2v) is 6.34. The number of benzene rings is 1. The van der Waals surface area contributed by atoms with Crippen molar-refractivity contribution in [1.82, 2.24) is 10.2 Å². The SMILES string of the molecule is CC(NC(=O)N1CCCC(C(C)O)C1)c1ccc(F)c(Cl)c1. The summed E-state index contributed by atoms with van der Waals surface area (Å²) in [7, 11) is 0. The van der Waals surface area contributed by atoms with Gasteiger partial charge in [-0.2, -0.15) is 0 Å². The molecule has 1 fully saturated rings. The molecule has 4 nitrogen and oxygen atoms in total. The zero-order valence-electron chi connectivity index (χ0n) is 12.9. The molecular formula is C16H22ClFN2O2. The highest BCUT2D eigenvalue weighted by Gasteiger charge is 2.27. The molecule has 1 heterocycles. The van der Waals surface area contributed by atoms with Crippen molar-refractivity contribution in [2.45, 2.75) is 38.8 Å². The lowest BCUT2D eigenvalue weighted by molar-refractivity contribution is 0.0734. The van der Waals surface area contributed by atoms with Gasteiger partial charge in [-0.05, 0) is 44.4 Å². The van der Waals surface area contributed by atoms with Gasteiger partial charge in [-0.1, -0.05) is 17.7 Å². The van der Waals surface area contributed by atoms with Gasteiger partial charge in [0.25, 0.3) is 0 Å². The largest absolute Gasteiger partial charge is 0.393 e. The molecular weight excluding hydrogens is 307 g/mol. The minimum Gasteiger partial charge on any atom is -0.393 e. The Morgan fingerprint density at radius 1 is 1.50 bits per heavy atom.